The van der Waals surface area contributed by atoms with Crippen molar-refractivity contribution >= 4 is 29.7 Å². The Hall–Kier alpha value is -3.75. The molecule has 0 heterocycles. The average Bonchev–Trinajstić information content (AvgIpc) is 3.19. The van der Waals surface area contributed by atoms with Gasteiger partial charge >= 0.3 is 18.3 Å². The molecule has 0 saturated carbocycles. The standard InChI is InChI=1S/C47H76N2O7/c1-5-7-9-11-13-15-17-19-21-23-25-27-37-53-45(50)48-43-33-29-41(30-34-43)39(3)55-47(52)56-40(4)42-31-35-44(36-32-42)49-46(51)54-38-28-26-24-22-20-18-16-14-12-10-8-6-2/h29-36,39-40H,5-28,37-38H2,1-4H3,(H,48,50)(H,49,51). The van der Waals surface area contributed by atoms with E-state index in [1.165, 1.54) is 128 Å². The molecule has 0 aliphatic heterocycles. The molecule has 0 aromatic heterocycles. The molecule has 2 unspecified atom stereocenters. The van der Waals surface area contributed by atoms with Crippen LogP contribution >= 0.6 is 0 Å². The summed E-state index contributed by atoms with van der Waals surface area (Å²) in [6.07, 6.45) is 27.4. The maximum atomic E-state index is 12.6. The van der Waals surface area contributed by atoms with Crippen LogP contribution in [0.2, 0.25) is 0 Å². The fraction of sp³-hybridized carbons (Fsp3) is 0.681. The van der Waals surface area contributed by atoms with E-state index in [1.54, 1.807) is 62.4 Å². The molecule has 2 N–H and O–H groups in total. The van der Waals surface area contributed by atoms with Gasteiger partial charge in [-0.3, -0.25) is 10.6 Å². The molecule has 2 amide bonds. The van der Waals surface area contributed by atoms with Crippen molar-refractivity contribution in [2.75, 3.05) is 23.8 Å². The second-order valence-electron chi connectivity index (χ2n) is 15.3. The quantitative estimate of drug-likeness (QED) is 0.0432. The van der Waals surface area contributed by atoms with Gasteiger partial charge in [-0.1, -0.05) is 179 Å². The van der Waals surface area contributed by atoms with E-state index in [9.17, 15) is 14.4 Å². The minimum atomic E-state index is -0.794. The molecule has 2 rings (SSSR count). The molecule has 56 heavy (non-hydrogen) atoms. The molecule has 2 atom stereocenters. The number of hydrogen-bond donors (Lipinski definition) is 2. The van der Waals surface area contributed by atoms with Crippen molar-refractivity contribution in [1.82, 2.24) is 0 Å². The zero-order valence-corrected chi connectivity index (χ0v) is 35.5. The highest BCUT2D eigenvalue weighted by molar-refractivity contribution is 5.85. The zero-order chi connectivity index (χ0) is 40.5. The Balaban J connectivity index is 1.54. The number of amides is 2. The van der Waals surface area contributed by atoms with Crippen LogP contribution in [0, 0.1) is 0 Å². The fourth-order valence-corrected chi connectivity index (χ4v) is 6.65. The van der Waals surface area contributed by atoms with Gasteiger partial charge in [0.25, 0.3) is 0 Å². The highest BCUT2D eigenvalue weighted by Gasteiger charge is 2.18. The lowest BCUT2D eigenvalue weighted by Crippen LogP contribution is -2.15. The summed E-state index contributed by atoms with van der Waals surface area (Å²) in [7, 11) is 0. The minimum Gasteiger partial charge on any atom is -0.449 e. The van der Waals surface area contributed by atoms with Crippen LogP contribution in [0.5, 0.6) is 0 Å². The van der Waals surface area contributed by atoms with Crippen LogP contribution in [0.4, 0.5) is 25.8 Å². The van der Waals surface area contributed by atoms with E-state index in [1.807, 2.05) is 0 Å². The van der Waals surface area contributed by atoms with Gasteiger partial charge in [0.2, 0.25) is 0 Å². The summed E-state index contributed by atoms with van der Waals surface area (Å²) in [5.74, 6) is 0. The van der Waals surface area contributed by atoms with Gasteiger partial charge < -0.3 is 18.9 Å². The number of unbranched alkanes of at least 4 members (excludes halogenated alkanes) is 22. The van der Waals surface area contributed by atoms with E-state index in [-0.39, 0.29) is 0 Å². The summed E-state index contributed by atoms with van der Waals surface area (Å²) in [6.45, 7) is 8.83. The predicted molar refractivity (Wildman–Crippen MR) is 229 cm³/mol. The second-order valence-corrected chi connectivity index (χ2v) is 15.3. The molecule has 2 aromatic carbocycles. The number of ether oxygens (including phenoxy) is 4. The summed E-state index contributed by atoms with van der Waals surface area (Å²) in [5, 5.41) is 5.51. The van der Waals surface area contributed by atoms with Crippen LogP contribution < -0.4 is 10.6 Å². The first-order valence-electron chi connectivity index (χ1n) is 22.3. The molecule has 0 fully saturated rings. The van der Waals surface area contributed by atoms with Crippen LogP contribution in [-0.2, 0) is 18.9 Å². The van der Waals surface area contributed by atoms with E-state index in [0.717, 1.165) is 36.8 Å². The van der Waals surface area contributed by atoms with Crippen molar-refractivity contribution in [3.63, 3.8) is 0 Å². The monoisotopic (exact) mass is 781 g/mol. The van der Waals surface area contributed by atoms with Crippen molar-refractivity contribution in [3.8, 4) is 0 Å². The normalized spacial score (nSPS) is 12.1. The molecule has 9 nitrogen and oxygen atoms in total. The van der Waals surface area contributed by atoms with Gasteiger partial charge in [0.05, 0.1) is 13.2 Å². The van der Waals surface area contributed by atoms with Crippen LogP contribution in [0.1, 0.15) is 205 Å². The van der Waals surface area contributed by atoms with Crippen LogP contribution in [0.25, 0.3) is 0 Å². The fourth-order valence-electron chi connectivity index (χ4n) is 6.65. The van der Waals surface area contributed by atoms with Crippen LogP contribution in [-0.4, -0.2) is 31.6 Å². The summed E-state index contributed by atoms with van der Waals surface area (Å²) in [6, 6.07) is 14.2. The molecule has 0 saturated heterocycles. The van der Waals surface area contributed by atoms with E-state index in [4.69, 9.17) is 18.9 Å². The first-order chi connectivity index (χ1) is 27.3. The zero-order valence-electron chi connectivity index (χ0n) is 35.5. The SMILES string of the molecule is CCCCCCCCCCCCCCOC(=O)Nc1ccc(C(C)OC(=O)OC(C)c2ccc(NC(=O)OCCCCCCCCCCCCCC)cc2)cc1. The second kappa shape index (κ2) is 32.3. The Morgan fingerprint density at radius 1 is 0.429 bits per heavy atom. The number of carbonyl (C=O) groups excluding carboxylic acids is 3. The molecule has 0 aliphatic rings. The maximum absolute atomic E-state index is 12.6. The third kappa shape index (κ3) is 24.7. The molecular formula is C47H76N2O7. The maximum Gasteiger partial charge on any atom is 0.509 e. The van der Waals surface area contributed by atoms with E-state index < -0.39 is 30.5 Å². The van der Waals surface area contributed by atoms with Crippen molar-refractivity contribution < 1.29 is 33.3 Å². The predicted octanol–water partition coefficient (Wildman–Crippen LogP) is 15.2. The number of hydrogen-bond acceptors (Lipinski definition) is 7. The van der Waals surface area contributed by atoms with Gasteiger partial charge in [-0.25, -0.2) is 14.4 Å². The van der Waals surface area contributed by atoms with Crippen molar-refractivity contribution in [3.05, 3.63) is 59.7 Å². The van der Waals surface area contributed by atoms with Gasteiger partial charge in [-0.05, 0) is 62.1 Å². The first kappa shape index (κ1) is 48.4. The molecule has 2 aromatic rings. The Bertz CT molecular complexity index is 1190. The Morgan fingerprint density at radius 3 is 0.982 bits per heavy atom. The molecule has 0 bridgehead atoms. The van der Waals surface area contributed by atoms with Gasteiger partial charge in [-0.2, -0.15) is 0 Å². The smallest absolute Gasteiger partial charge is 0.449 e. The average molecular weight is 781 g/mol. The third-order valence-corrected chi connectivity index (χ3v) is 10.3. The lowest BCUT2D eigenvalue weighted by atomic mass is 10.1. The lowest BCUT2D eigenvalue weighted by molar-refractivity contribution is 0.00626. The van der Waals surface area contributed by atoms with Gasteiger partial charge in [-0.15, -0.1) is 0 Å². The Morgan fingerprint density at radius 2 is 0.696 bits per heavy atom. The summed E-state index contributed by atoms with van der Waals surface area (Å²) in [5.41, 5.74) is 2.71. The lowest BCUT2D eigenvalue weighted by Gasteiger charge is -2.18. The molecule has 0 radical (unpaired) electrons. The summed E-state index contributed by atoms with van der Waals surface area (Å²) in [4.78, 5) is 37.1. The van der Waals surface area contributed by atoms with Gasteiger partial charge in [0.15, 0.2) is 0 Å². The van der Waals surface area contributed by atoms with Crippen molar-refractivity contribution in [2.45, 2.75) is 194 Å². The number of rotatable bonds is 32. The van der Waals surface area contributed by atoms with Crippen LogP contribution in [0.3, 0.4) is 0 Å². The summed E-state index contributed by atoms with van der Waals surface area (Å²) >= 11 is 0. The largest absolute Gasteiger partial charge is 0.509 e. The topological polar surface area (TPSA) is 112 Å². The number of carbonyl (C=O) groups is 3. The van der Waals surface area contributed by atoms with Crippen molar-refractivity contribution in [2.24, 2.45) is 0 Å². The Labute approximate surface area is 339 Å². The van der Waals surface area contributed by atoms with E-state index >= 15 is 0 Å². The van der Waals surface area contributed by atoms with E-state index in [2.05, 4.69) is 24.5 Å². The molecular weight excluding hydrogens is 705 g/mol. The molecule has 0 spiro atoms. The number of nitrogens with one attached hydrogen (secondary N) is 2. The minimum absolute atomic E-state index is 0.405. The summed E-state index contributed by atoms with van der Waals surface area (Å²) < 4.78 is 21.7. The van der Waals surface area contributed by atoms with E-state index in [0.29, 0.717) is 24.6 Å². The highest BCUT2D eigenvalue weighted by atomic mass is 16.7. The first-order valence-corrected chi connectivity index (χ1v) is 22.3. The number of anilines is 2. The van der Waals surface area contributed by atoms with Gasteiger partial charge in [0, 0.05) is 11.4 Å². The number of benzene rings is 2. The van der Waals surface area contributed by atoms with Crippen molar-refractivity contribution in [1.29, 1.82) is 0 Å². The van der Waals surface area contributed by atoms with Crippen LogP contribution in [0.15, 0.2) is 48.5 Å². The molecule has 316 valence electrons. The molecule has 0 aliphatic carbocycles. The highest BCUT2D eigenvalue weighted by Crippen LogP contribution is 2.24. The van der Waals surface area contributed by atoms with Gasteiger partial charge in [0.1, 0.15) is 12.2 Å². The third-order valence-electron chi connectivity index (χ3n) is 10.3. The Kier molecular flexibility index (Phi) is 28.0. The molecule has 9 heteroatoms.